The molecule has 0 saturated heterocycles. The fourth-order valence-electron chi connectivity index (χ4n) is 3.31. The molecule has 0 saturated carbocycles. The van der Waals surface area contributed by atoms with Gasteiger partial charge in [0.15, 0.2) is 11.5 Å². The van der Waals surface area contributed by atoms with E-state index in [2.05, 4.69) is 15.9 Å². The Labute approximate surface area is 190 Å². The number of benzene rings is 2. The third-order valence-corrected chi connectivity index (χ3v) is 6.17. The smallest absolute Gasteiger partial charge is 0.340 e. The second kappa shape index (κ2) is 7.98. The minimum absolute atomic E-state index is 0.123. The molecule has 0 bridgehead atoms. The topological polar surface area (TPSA) is 65.1 Å². The van der Waals surface area contributed by atoms with E-state index in [9.17, 15) is 9.59 Å². The van der Waals surface area contributed by atoms with Crippen molar-refractivity contribution in [1.82, 2.24) is 0 Å². The first kappa shape index (κ1) is 20.8. The van der Waals surface area contributed by atoms with Gasteiger partial charge in [-0.15, -0.1) is 0 Å². The third-order valence-electron chi connectivity index (χ3n) is 4.74. The molecule has 4 rings (SSSR count). The Morgan fingerprint density at radius 1 is 1.17 bits per heavy atom. The third kappa shape index (κ3) is 3.47. The van der Waals surface area contributed by atoms with Crippen LogP contribution in [0.25, 0.3) is 6.08 Å². The highest BCUT2D eigenvalue weighted by Gasteiger charge is 2.38. The fourth-order valence-corrected chi connectivity index (χ4v) is 4.04. The summed E-state index contributed by atoms with van der Waals surface area (Å²) >= 11 is 15.6. The Hall–Kier alpha value is -2.48. The van der Waals surface area contributed by atoms with Crippen molar-refractivity contribution in [3.8, 4) is 11.5 Å². The maximum Gasteiger partial charge on any atom is 0.340 e. The maximum absolute atomic E-state index is 13.4. The largest absolute Gasteiger partial charge is 0.465 e. The van der Waals surface area contributed by atoms with Crippen molar-refractivity contribution in [3.63, 3.8) is 0 Å². The minimum atomic E-state index is -0.619. The summed E-state index contributed by atoms with van der Waals surface area (Å²) in [7, 11) is 1.27. The highest BCUT2D eigenvalue weighted by molar-refractivity contribution is 9.10. The van der Waals surface area contributed by atoms with Gasteiger partial charge < -0.3 is 14.2 Å². The molecule has 2 aromatic rings. The van der Waals surface area contributed by atoms with Crippen LogP contribution in [0.3, 0.4) is 0 Å². The van der Waals surface area contributed by atoms with Gasteiger partial charge in [-0.05, 0) is 48.9 Å². The van der Waals surface area contributed by atoms with E-state index in [4.69, 9.17) is 37.4 Å². The Balaban J connectivity index is 1.85. The zero-order valence-electron chi connectivity index (χ0n) is 15.8. The Morgan fingerprint density at radius 2 is 1.87 bits per heavy atom. The monoisotopic (exact) mass is 509 g/mol. The number of halogens is 3. The van der Waals surface area contributed by atoms with Crippen molar-refractivity contribution < 1.29 is 23.8 Å². The van der Waals surface area contributed by atoms with E-state index in [1.807, 2.05) is 0 Å². The molecule has 0 unspecified atom stereocenters. The number of amides is 1. The van der Waals surface area contributed by atoms with Gasteiger partial charge in [-0.1, -0.05) is 39.1 Å². The van der Waals surface area contributed by atoms with Gasteiger partial charge in [0, 0.05) is 10.2 Å². The molecule has 2 aliphatic heterocycles. The number of anilines is 1. The molecule has 6 nitrogen and oxygen atoms in total. The van der Waals surface area contributed by atoms with Gasteiger partial charge in [0.25, 0.3) is 5.91 Å². The van der Waals surface area contributed by atoms with Gasteiger partial charge in [-0.2, -0.15) is 0 Å². The lowest BCUT2D eigenvalue weighted by Gasteiger charge is -2.18. The van der Waals surface area contributed by atoms with Crippen molar-refractivity contribution in [2.45, 2.75) is 6.92 Å². The SMILES string of the molecule is COC(=O)C1=C(C)N(c2ccc(Cl)c(Cl)c2)C(=O)/C1=C\c1cc2c(cc1Br)OCO2. The fraction of sp³-hybridized carbons (Fsp3) is 0.143. The van der Waals surface area contributed by atoms with Crippen LogP contribution in [0.1, 0.15) is 12.5 Å². The molecule has 0 aliphatic carbocycles. The molecule has 2 aromatic carbocycles. The molecule has 0 radical (unpaired) electrons. The summed E-state index contributed by atoms with van der Waals surface area (Å²) in [5.41, 5.74) is 1.91. The molecule has 0 aromatic heterocycles. The Bertz CT molecular complexity index is 1160. The molecule has 0 fully saturated rings. The quantitative estimate of drug-likeness (QED) is 0.410. The van der Waals surface area contributed by atoms with Crippen LogP contribution in [0.4, 0.5) is 5.69 Å². The summed E-state index contributed by atoms with van der Waals surface area (Å²) in [6.45, 7) is 1.79. The first-order valence-electron chi connectivity index (χ1n) is 8.71. The summed E-state index contributed by atoms with van der Waals surface area (Å²) in [4.78, 5) is 27.3. The highest BCUT2D eigenvalue weighted by atomic mass is 79.9. The van der Waals surface area contributed by atoms with Gasteiger partial charge in [-0.25, -0.2) is 4.79 Å². The van der Waals surface area contributed by atoms with Crippen LogP contribution >= 0.6 is 39.1 Å². The predicted octanol–water partition coefficient (Wildman–Crippen LogP) is 5.36. The van der Waals surface area contributed by atoms with E-state index in [0.29, 0.717) is 43.0 Å². The average Bonchev–Trinajstić information content (AvgIpc) is 3.26. The number of methoxy groups -OCH3 is 1. The van der Waals surface area contributed by atoms with Crippen LogP contribution in [0.2, 0.25) is 10.0 Å². The van der Waals surface area contributed by atoms with Crippen molar-refractivity contribution in [3.05, 3.63) is 67.3 Å². The van der Waals surface area contributed by atoms with E-state index in [0.717, 1.165) is 0 Å². The molecule has 9 heteroatoms. The number of fused-ring (bicyclic) bond motifs is 1. The Morgan fingerprint density at radius 3 is 2.53 bits per heavy atom. The summed E-state index contributed by atoms with van der Waals surface area (Å²) in [5, 5.41) is 0.660. The lowest BCUT2D eigenvalue weighted by Crippen LogP contribution is -2.24. The van der Waals surface area contributed by atoms with Crippen LogP contribution in [-0.4, -0.2) is 25.8 Å². The summed E-state index contributed by atoms with van der Waals surface area (Å²) in [5.74, 6) is 0.138. The number of allylic oxidation sites excluding steroid dienone is 1. The van der Waals surface area contributed by atoms with Gasteiger partial charge in [-0.3, -0.25) is 9.69 Å². The lowest BCUT2D eigenvalue weighted by atomic mass is 10.0. The predicted molar refractivity (Wildman–Crippen MR) is 117 cm³/mol. The number of ether oxygens (including phenoxy) is 3. The second-order valence-corrected chi connectivity index (χ2v) is 8.14. The van der Waals surface area contributed by atoms with Crippen LogP contribution in [0.15, 0.2) is 51.6 Å². The molecule has 2 aliphatic rings. The highest BCUT2D eigenvalue weighted by Crippen LogP contribution is 2.41. The zero-order valence-corrected chi connectivity index (χ0v) is 18.9. The first-order chi connectivity index (χ1) is 14.3. The number of hydrogen-bond acceptors (Lipinski definition) is 5. The molecule has 0 N–H and O–H groups in total. The van der Waals surface area contributed by atoms with Crippen molar-refractivity contribution in [1.29, 1.82) is 0 Å². The average molecular weight is 511 g/mol. The van der Waals surface area contributed by atoms with E-state index >= 15 is 0 Å². The molecule has 0 spiro atoms. The van der Waals surface area contributed by atoms with Crippen molar-refractivity contribution in [2.75, 3.05) is 18.8 Å². The van der Waals surface area contributed by atoms with Crippen LogP contribution in [0.5, 0.6) is 11.5 Å². The van der Waals surface area contributed by atoms with E-state index in [-0.39, 0.29) is 17.9 Å². The van der Waals surface area contributed by atoms with Crippen LogP contribution in [0, 0.1) is 0 Å². The summed E-state index contributed by atoms with van der Waals surface area (Å²) < 4.78 is 16.4. The number of hydrogen-bond donors (Lipinski definition) is 0. The number of carbonyl (C=O) groups is 2. The van der Waals surface area contributed by atoms with Gasteiger partial charge in [0.2, 0.25) is 6.79 Å². The maximum atomic E-state index is 13.4. The molecular weight excluding hydrogens is 497 g/mol. The van der Waals surface area contributed by atoms with Crippen LogP contribution in [-0.2, 0) is 14.3 Å². The lowest BCUT2D eigenvalue weighted by molar-refractivity contribution is -0.136. The second-order valence-electron chi connectivity index (χ2n) is 6.48. The van der Waals surface area contributed by atoms with E-state index in [1.165, 1.54) is 12.0 Å². The molecule has 30 heavy (non-hydrogen) atoms. The van der Waals surface area contributed by atoms with Crippen molar-refractivity contribution >= 4 is 62.8 Å². The van der Waals surface area contributed by atoms with Crippen LogP contribution < -0.4 is 14.4 Å². The number of rotatable bonds is 3. The molecule has 0 atom stereocenters. The van der Waals surface area contributed by atoms with Gasteiger partial charge >= 0.3 is 5.97 Å². The standard InChI is InChI=1S/C21H14BrCl2NO5/c1-10-19(21(27)28-2)13(5-11-6-17-18(8-14(11)22)30-9-29-17)20(26)25(10)12-3-4-15(23)16(24)7-12/h3-8H,9H2,1-2H3/b13-5-. The molecule has 1 amide bonds. The minimum Gasteiger partial charge on any atom is -0.465 e. The summed E-state index contributed by atoms with van der Waals surface area (Å²) in [6.07, 6.45) is 1.61. The zero-order chi connectivity index (χ0) is 21.6. The van der Waals surface area contributed by atoms with Gasteiger partial charge in [0.1, 0.15) is 0 Å². The summed E-state index contributed by atoms with van der Waals surface area (Å²) in [6, 6.07) is 8.30. The normalized spacial score (nSPS) is 16.6. The van der Waals surface area contributed by atoms with E-state index in [1.54, 1.807) is 43.3 Å². The number of esters is 1. The Kier molecular flexibility index (Phi) is 5.53. The number of carbonyl (C=O) groups excluding carboxylic acids is 2. The number of nitrogens with zero attached hydrogens (tertiary/aromatic N) is 1. The molecule has 154 valence electrons. The molecule has 2 heterocycles. The van der Waals surface area contributed by atoms with Crippen molar-refractivity contribution in [2.24, 2.45) is 0 Å². The van der Waals surface area contributed by atoms with Gasteiger partial charge in [0.05, 0.1) is 34.0 Å². The molecular formula is C21H14BrCl2NO5. The first-order valence-corrected chi connectivity index (χ1v) is 10.3. The van der Waals surface area contributed by atoms with E-state index < -0.39 is 11.9 Å².